The van der Waals surface area contributed by atoms with Crippen LogP contribution in [0.2, 0.25) is 0 Å². The van der Waals surface area contributed by atoms with E-state index in [4.69, 9.17) is 4.74 Å². The molecule has 0 N–H and O–H groups in total. The highest BCUT2D eigenvalue weighted by molar-refractivity contribution is 14.1. The molecule has 0 unspecified atom stereocenters. The molecule has 132 valence electrons. The van der Waals surface area contributed by atoms with Crippen molar-refractivity contribution in [2.45, 2.75) is 6.18 Å². The first-order valence-electron chi connectivity index (χ1n) is 7.21. The number of allylic oxidation sites excluding steroid dienone is 1. The zero-order valence-electron chi connectivity index (χ0n) is 13.5. The smallest absolute Gasteiger partial charge is 0.413 e. The summed E-state index contributed by atoms with van der Waals surface area (Å²) in [5.74, 6) is -1.38. The van der Waals surface area contributed by atoms with E-state index in [1.807, 2.05) is 41.6 Å². The molecule has 0 fully saturated rings. The Morgan fingerprint density at radius 3 is 2.20 bits per heavy atom. The van der Waals surface area contributed by atoms with E-state index in [0.29, 0.717) is 3.57 Å². The molecule has 0 aliphatic heterocycles. The SMILES string of the molecule is CN(C)c1ccc(/C(=C\C(F)(F)F)OC(=O)c2ccccc2I)cc1. The summed E-state index contributed by atoms with van der Waals surface area (Å²) >= 11 is 1.93. The summed E-state index contributed by atoms with van der Waals surface area (Å²) in [7, 11) is 3.64. The van der Waals surface area contributed by atoms with Gasteiger partial charge in [-0.15, -0.1) is 0 Å². The van der Waals surface area contributed by atoms with Gasteiger partial charge in [0, 0.05) is 28.9 Å². The van der Waals surface area contributed by atoms with E-state index >= 15 is 0 Å². The quantitative estimate of drug-likeness (QED) is 0.360. The van der Waals surface area contributed by atoms with Gasteiger partial charge in [0.2, 0.25) is 0 Å². The lowest BCUT2D eigenvalue weighted by Gasteiger charge is -2.15. The fourth-order valence-electron chi connectivity index (χ4n) is 2.03. The summed E-state index contributed by atoms with van der Waals surface area (Å²) in [5.41, 5.74) is 1.20. The maximum atomic E-state index is 12.9. The molecule has 0 spiro atoms. The van der Waals surface area contributed by atoms with Crippen LogP contribution in [0.4, 0.5) is 18.9 Å². The van der Waals surface area contributed by atoms with Crippen LogP contribution in [0.1, 0.15) is 15.9 Å². The number of halogens is 4. The van der Waals surface area contributed by atoms with Gasteiger partial charge in [0.1, 0.15) is 5.76 Å². The Kier molecular flexibility index (Phi) is 6.10. The number of hydrogen-bond donors (Lipinski definition) is 0. The van der Waals surface area contributed by atoms with Crippen LogP contribution >= 0.6 is 22.6 Å². The molecule has 2 rings (SSSR count). The van der Waals surface area contributed by atoms with Gasteiger partial charge in [0.15, 0.2) is 0 Å². The maximum Gasteiger partial charge on any atom is 0.413 e. The van der Waals surface area contributed by atoms with Gasteiger partial charge in [0.25, 0.3) is 0 Å². The third-order valence-corrected chi connectivity index (χ3v) is 4.20. The Labute approximate surface area is 157 Å². The molecular formula is C18H15F3INO2. The molecule has 0 aliphatic carbocycles. The Balaban J connectivity index is 2.36. The second kappa shape index (κ2) is 7.90. The Morgan fingerprint density at radius 1 is 1.08 bits per heavy atom. The molecule has 0 atom stereocenters. The molecule has 25 heavy (non-hydrogen) atoms. The first kappa shape index (κ1) is 19.3. The second-order valence-corrected chi connectivity index (χ2v) is 6.52. The molecule has 2 aromatic rings. The molecular weight excluding hydrogens is 446 g/mol. The fourth-order valence-corrected chi connectivity index (χ4v) is 2.63. The van der Waals surface area contributed by atoms with Crippen LogP contribution in [0.25, 0.3) is 5.76 Å². The van der Waals surface area contributed by atoms with Gasteiger partial charge in [0.05, 0.1) is 11.6 Å². The first-order chi connectivity index (χ1) is 11.7. The number of carbonyl (C=O) groups is 1. The van der Waals surface area contributed by atoms with Crippen LogP contribution in [0.15, 0.2) is 54.6 Å². The first-order valence-corrected chi connectivity index (χ1v) is 8.29. The fraction of sp³-hybridized carbons (Fsp3) is 0.167. The predicted molar refractivity (Wildman–Crippen MR) is 99.4 cm³/mol. The van der Waals surface area contributed by atoms with E-state index in [1.54, 1.807) is 30.3 Å². The number of esters is 1. The number of nitrogens with zero attached hydrogens (tertiary/aromatic N) is 1. The van der Waals surface area contributed by atoms with Crippen molar-refractivity contribution in [2.75, 3.05) is 19.0 Å². The van der Waals surface area contributed by atoms with Gasteiger partial charge < -0.3 is 9.64 Å². The van der Waals surface area contributed by atoms with Crippen LogP contribution in [0.3, 0.4) is 0 Å². The number of benzene rings is 2. The molecule has 0 bridgehead atoms. The van der Waals surface area contributed by atoms with Crippen molar-refractivity contribution in [1.29, 1.82) is 0 Å². The molecule has 2 aromatic carbocycles. The average molecular weight is 461 g/mol. The lowest BCUT2D eigenvalue weighted by molar-refractivity contribution is -0.0802. The van der Waals surface area contributed by atoms with Gasteiger partial charge >= 0.3 is 12.1 Å². The minimum atomic E-state index is -4.61. The van der Waals surface area contributed by atoms with Crippen LogP contribution in [-0.2, 0) is 4.74 Å². The summed E-state index contributed by atoms with van der Waals surface area (Å²) < 4.78 is 44.2. The normalized spacial score (nSPS) is 12.0. The third kappa shape index (κ3) is 5.48. The van der Waals surface area contributed by atoms with Crippen LogP contribution < -0.4 is 4.90 Å². The van der Waals surface area contributed by atoms with Gasteiger partial charge in [-0.3, -0.25) is 0 Å². The summed E-state index contributed by atoms with van der Waals surface area (Å²) in [6.07, 6.45) is -4.62. The number of carbonyl (C=O) groups excluding carboxylic acids is 1. The number of rotatable bonds is 4. The van der Waals surface area contributed by atoms with E-state index in [1.165, 1.54) is 18.2 Å². The van der Waals surface area contributed by atoms with Crippen LogP contribution in [0, 0.1) is 3.57 Å². The molecule has 0 saturated heterocycles. The zero-order chi connectivity index (χ0) is 18.6. The molecule has 3 nitrogen and oxygen atoms in total. The largest absolute Gasteiger partial charge is 0.422 e. The lowest BCUT2D eigenvalue weighted by atomic mass is 10.1. The number of hydrogen-bond acceptors (Lipinski definition) is 3. The molecule has 0 saturated carbocycles. The average Bonchev–Trinajstić information content (AvgIpc) is 2.53. The van der Waals surface area contributed by atoms with Gasteiger partial charge in [-0.25, -0.2) is 4.79 Å². The second-order valence-electron chi connectivity index (χ2n) is 5.36. The number of anilines is 1. The molecule has 0 radical (unpaired) electrons. The van der Waals surface area contributed by atoms with Gasteiger partial charge in [-0.1, -0.05) is 12.1 Å². The van der Waals surface area contributed by atoms with E-state index in [-0.39, 0.29) is 17.2 Å². The summed E-state index contributed by atoms with van der Waals surface area (Å²) in [6, 6.07) is 12.8. The van der Waals surface area contributed by atoms with Crippen molar-refractivity contribution in [1.82, 2.24) is 0 Å². The molecule has 0 aromatic heterocycles. The molecule has 0 aliphatic rings. The minimum absolute atomic E-state index is 0.00856. The summed E-state index contributed by atoms with van der Waals surface area (Å²) in [4.78, 5) is 14.1. The monoisotopic (exact) mass is 461 g/mol. The van der Waals surface area contributed by atoms with Crippen molar-refractivity contribution in [3.63, 3.8) is 0 Å². The van der Waals surface area contributed by atoms with Crippen LogP contribution in [-0.4, -0.2) is 26.2 Å². The topological polar surface area (TPSA) is 29.5 Å². The molecule has 7 heteroatoms. The standard InChI is InChI=1S/C18H15F3INO2/c1-23(2)13-9-7-12(8-10-13)16(11-18(19,20)21)25-17(24)14-5-3-4-6-15(14)22/h3-11H,1-2H3/b16-11+. The number of ether oxygens (including phenoxy) is 1. The zero-order valence-corrected chi connectivity index (χ0v) is 15.6. The van der Waals surface area contributed by atoms with Gasteiger partial charge in [-0.05, 0) is 59.0 Å². The van der Waals surface area contributed by atoms with E-state index in [2.05, 4.69) is 0 Å². The van der Waals surface area contributed by atoms with Crippen molar-refractivity contribution < 1.29 is 22.7 Å². The van der Waals surface area contributed by atoms with Gasteiger partial charge in [-0.2, -0.15) is 13.2 Å². The predicted octanol–water partition coefficient (Wildman–Crippen LogP) is 5.12. The molecule has 0 amide bonds. The lowest BCUT2D eigenvalue weighted by Crippen LogP contribution is -2.11. The van der Waals surface area contributed by atoms with Crippen molar-refractivity contribution in [3.05, 3.63) is 69.3 Å². The maximum absolute atomic E-state index is 12.9. The third-order valence-electron chi connectivity index (χ3n) is 3.26. The Morgan fingerprint density at radius 2 is 1.68 bits per heavy atom. The van der Waals surface area contributed by atoms with Crippen LogP contribution in [0.5, 0.6) is 0 Å². The Bertz CT molecular complexity index is 784. The highest BCUT2D eigenvalue weighted by Crippen LogP contribution is 2.27. The van der Waals surface area contributed by atoms with Crippen molar-refractivity contribution >= 4 is 40.0 Å². The van der Waals surface area contributed by atoms with E-state index < -0.39 is 17.9 Å². The van der Waals surface area contributed by atoms with Crippen molar-refractivity contribution in [2.24, 2.45) is 0 Å². The highest BCUT2D eigenvalue weighted by atomic mass is 127. The molecule has 0 heterocycles. The van der Waals surface area contributed by atoms with E-state index in [9.17, 15) is 18.0 Å². The van der Waals surface area contributed by atoms with E-state index in [0.717, 1.165) is 5.69 Å². The summed E-state index contributed by atoms with van der Waals surface area (Å²) in [6.45, 7) is 0. The minimum Gasteiger partial charge on any atom is -0.422 e. The number of alkyl halides is 3. The summed E-state index contributed by atoms with van der Waals surface area (Å²) in [5, 5.41) is 0. The van der Waals surface area contributed by atoms with Crippen molar-refractivity contribution in [3.8, 4) is 0 Å². The Hall–Kier alpha value is -2.03. The highest BCUT2D eigenvalue weighted by Gasteiger charge is 2.27.